The molecule has 2 amide bonds. The van der Waals surface area contributed by atoms with Crippen LogP contribution < -0.4 is 5.32 Å². The maximum absolute atomic E-state index is 12.5. The zero-order valence-corrected chi connectivity index (χ0v) is 14.1. The number of hydrogen-bond donors (Lipinski definition) is 1. The molecule has 1 aliphatic rings. The van der Waals surface area contributed by atoms with Gasteiger partial charge in [-0.25, -0.2) is 0 Å². The largest absolute Gasteiger partial charge is 0.416 e. The highest BCUT2D eigenvalue weighted by Crippen LogP contribution is 2.29. The van der Waals surface area contributed by atoms with Gasteiger partial charge in [-0.1, -0.05) is 6.92 Å². The Bertz CT molecular complexity index is 594. The summed E-state index contributed by atoms with van der Waals surface area (Å²) >= 11 is 0. The van der Waals surface area contributed by atoms with Gasteiger partial charge in [0, 0.05) is 44.7 Å². The van der Waals surface area contributed by atoms with Gasteiger partial charge in [-0.05, 0) is 30.8 Å². The van der Waals surface area contributed by atoms with Gasteiger partial charge in [-0.3, -0.25) is 9.59 Å². The average Bonchev–Trinajstić information content (AvgIpc) is 2.61. The molecule has 138 valence electrons. The highest BCUT2D eigenvalue weighted by molar-refractivity contribution is 5.94. The molecule has 2 rings (SSSR count). The van der Waals surface area contributed by atoms with Crippen LogP contribution in [0.4, 0.5) is 13.2 Å². The molecule has 1 aromatic carbocycles. The molecule has 0 saturated carbocycles. The first-order chi connectivity index (χ1) is 11.8. The van der Waals surface area contributed by atoms with Crippen molar-refractivity contribution in [3.8, 4) is 0 Å². The van der Waals surface area contributed by atoms with Gasteiger partial charge >= 0.3 is 6.18 Å². The van der Waals surface area contributed by atoms with Crippen LogP contribution in [-0.2, 0) is 11.0 Å². The normalized spacial score (nSPS) is 15.9. The first-order valence-electron chi connectivity index (χ1n) is 8.27. The average molecular weight is 357 g/mol. The minimum atomic E-state index is -4.43. The third kappa shape index (κ3) is 5.45. The fraction of sp³-hybridized carbons (Fsp3) is 0.529. The zero-order chi connectivity index (χ0) is 18.4. The minimum absolute atomic E-state index is 0.0246. The molecule has 0 unspecified atom stereocenters. The number of benzene rings is 1. The van der Waals surface area contributed by atoms with Crippen molar-refractivity contribution < 1.29 is 22.8 Å². The second-order valence-electron chi connectivity index (χ2n) is 5.90. The van der Waals surface area contributed by atoms with Crippen molar-refractivity contribution in [3.63, 3.8) is 0 Å². The molecule has 1 aromatic rings. The third-order valence-corrected chi connectivity index (χ3v) is 4.27. The van der Waals surface area contributed by atoms with Crippen LogP contribution in [-0.4, -0.2) is 60.9 Å². The van der Waals surface area contributed by atoms with E-state index in [0.717, 1.165) is 43.9 Å². The highest BCUT2D eigenvalue weighted by Gasteiger charge is 2.30. The number of carbonyl (C=O) groups excluding carboxylic acids is 2. The predicted molar refractivity (Wildman–Crippen MR) is 87.1 cm³/mol. The van der Waals surface area contributed by atoms with Gasteiger partial charge in [0.1, 0.15) is 0 Å². The molecule has 0 aromatic heterocycles. The number of rotatable bonds is 5. The Morgan fingerprint density at radius 2 is 1.68 bits per heavy atom. The Hall–Kier alpha value is -2.09. The van der Waals surface area contributed by atoms with Crippen LogP contribution in [0.2, 0.25) is 0 Å². The Morgan fingerprint density at radius 1 is 1.08 bits per heavy atom. The smallest absolute Gasteiger partial charge is 0.352 e. The van der Waals surface area contributed by atoms with E-state index in [9.17, 15) is 22.8 Å². The molecule has 0 radical (unpaired) electrons. The number of halogens is 3. The monoisotopic (exact) mass is 357 g/mol. The molecule has 0 atom stereocenters. The number of nitrogens with zero attached hydrogens (tertiary/aromatic N) is 2. The van der Waals surface area contributed by atoms with Crippen LogP contribution in [0.1, 0.15) is 29.3 Å². The lowest BCUT2D eigenvalue weighted by molar-refractivity contribution is -0.137. The van der Waals surface area contributed by atoms with Crippen molar-refractivity contribution in [2.24, 2.45) is 0 Å². The van der Waals surface area contributed by atoms with Gasteiger partial charge in [0.05, 0.1) is 5.56 Å². The summed E-state index contributed by atoms with van der Waals surface area (Å²) in [5.74, 6) is -0.513. The van der Waals surface area contributed by atoms with Crippen LogP contribution in [0, 0.1) is 0 Å². The van der Waals surface area contributed by atoms with Crippen LogP contribution in [0.5, 0.6) is 0 Å². The summed E-state index contributed by atoms with van der Waals surface area (Å²) in [5, 5.41) is 2.57. The van der Waals surface area contributed by atoms with E-state index < -0.39 is 17.6 Å². The van der Waals surface area contributed by atoms with E-state index in [2.05, 4.69) is 17.1 Å². The van der Waals surface area contributed by atoms with E-state index in [-0.39, 0.29) is 24.4 Å². The summed E-state index contributed by atoms with van der Waals surface area (Å²) in [6, 6.07) is 3.99. The molecular formula is C17H22F3N3O2. The maximum atomic E-state index is 12.5. The fourth-order valence-corrected chi connectivity index (χ4v) is 2.67. The number of nitrogens with one attached hydrogen (secondary N) is 1. The standard InChI is InChI=1S/C17H22F3N3O2/c1-2-22-9-11-23(12-10-22)15(24)7-8-21-16(25)13-3-5-14(6-4-13)17(18,19)20/h3-6H,2,7-12H2,1H3,(H,21,25). The summed E-state index contributed by atoms with van der Waals surface area (Å²) in [7, 11) is 0. The van der Waals surface area contributed by atoms with Crippen LogP contribution in [0.15, 0.2) is 24.3 Å². The van der Waals surface area contributed by atoms with E-state index in [1.54, 1.807) is 4.90 Å². The van der Waals surface area contributed by atoms with Crippen molar-refractivity contribution >= 4 is 11.8 Å². The maximum Gasteiger partial charge on any atom is 0.416 e. The number of likely N-dealkylation sites (N-methyl/N-ethyl adjacent to an activating group) is 1. The van der Waals surface area contributed by atoms with Gasteiger partial charge < -0.3 is 15.1 Å². The SMILES string of the molecule is CCN1CCN(C(=O)CCNC(=O)c2ccc(C(F)(F)F)cc2)CC1. The summed E-state index contributed by atoms with van der Waals surface area (Å²) in [6.07, 6.45) is -4.25. The van der Waals surface area contributed by atoms with Crippen molar-refractivity contribution in [2.45, 2.75) is 19.5 Å². The molecule has 0 bridgehead atoms. The Labute approximate surface area is 144 Å². The number of piperazine rings is 1. The van der Waals surface area contributed by atoms with Crippen LogP contribution in [0.25, 0.3) is 0 Å². The lowest BCUT2D eigenvalue weighted by atomic mass is 10.1. The molecule has 5 nitrogen and oxygen atoms in total. The molecule has 0 spiro atoms. The van der Waals surface area contributed by atoms with Crippen LogP contribution >= 0.6 is 0 Å². The minimum Gasteiger partial charge on any atom is -0.352 e. The Balaban J connectivity index is 1.76. The molecule has 0 aliphatic carbocycles. The van der Waals surface area contributed by atoms with Crippen molar-refractivity contribution in [2.75, 3.05) is 39.3 Å². The fourth-order valence-electron chi connectivity index (χ4n) is 2.67. The molecular weight excluding hydrogens is 335 g/mol. The van der Waals surface area contributed by atoms with Crippen molar-refractivity contribution in [3.05, 3.63) is 35.4 Å². The van der Waals surface area contributed by atoms with E-state index in [4.69, 9.17) is 0 Å². The summed E-state index contributed by atoms with van der Waals surface area (Å²) in [6.45, 7) is 6.26. The van der Waals surface area contributed by atoms with Crippen molar-refractivity contribution in [1.82, 2.24) is 15.1 Å². The lowest BCUT2D eigenvalue weighted by Crippen LogP contribution is -2.49. The van der Waals surface area contributed by atoms with Gasteiger partial charge in [-0.2, -0.15) is 13.2 Å². The molecule has 1 heterocycles. The van der Waals surface area contributed by atoms with E-state index in [1.807, 2.05) is 0 Å². The zero-order valence-electron chi connectivity index (χ0n) is 14.1. The first kappa shape index (κ1) is 19.2. The van der Waals surface area contributed by atoms with E-state index in [0.29, 0.717) is 13.1 Å². The van der Waals surface area contributed by atoms with Gasteiger partial charge in [0.2, 0.25) is 5.91 Å². The van der Waals surface area contributed by atoms with Gasteiger partial charge in [-0.15, -0.1) is 0 Å². The molecule has 25 heavy (non-hydrogen) atoms. The summed E-state index contributed by atoms with van der Waals surface area (Å²) in [5.41, 5.74) is -0.664. The third-order valence-electron chi connectivity index (χ3n) is 4.27. The summed E-state index contributed by atoms with van der Waals surface area (Å²) < 4.78 is 37.5. The molecule has 1 N–H and O–H groups in total. The Kier molecular flexibility index (Phi) is 6.41. The second-order valence-corrected chi connectivity index (χ2v) is 5.90. The van der Waals surface area contributed by atoms with Gasteiger partial charge in [0.25, 0.3) is 5.91 Å². The topological polar surface area (TPSA) is 52.6 Å². The molecule has 1 saturated heterocycles. The number of amides is 2. The molecule has 8 heteroatoms. The predicted octanol–water partition coefficient (Wildman–Crippen LogP) is 1.99. The van der Waals surface area contributed by atoms with E-state index >= 15 is 0 Å². The number of carbonyl (C=O) groups is 2. The summed E-state index contributed by atoms with van der Waals surface area (Å²) in [4.78, 5) is 28.1. The van der Waals surface area contributed by atoms with E-state index in [1.165, 1.54) is 0 Å². The second kappa shape index (κ2) is 8.33. The Morgan fingerprint density at radius 3 is 2.20 bits per heavy atom. The number of hydrogen-bond acceptors (Lipinski definition) is 3. The van der Waals surface area contributed by atoms with Crippen LogP contribution in [0.3, 0.4) is 0 Å². The van der Waals surface area contributed by atoms with Crippen molar-refractivity contribution in [1.29, 1.82) is 0 Å². The lowest BCUT2D eigenvalue weighted by Gasteiger charge is -2.34. The van der Waals surface area contributed by atoms with Gasteiger partial charge in [0.15, 0.2) is 0 Å². The highest BCUT2D eigenvalue weighted by atomic mass is 19.4. The molecule has 1 fully saturated rings. The first-order valence-corrected chi connectivity index (χ1v) is 8.27. The molecule has 1 aliphatic heterocycles. The quantitative estimate of drug-likeness (QED) is 0.877. The number of alkyl halides is 3.